The van der Waals surface area contributed by atoms with Gasteiger partial charge in [-0.3, -0.25) is 9.69 Å². The van der Waals surface area contributed by atoms with E-state index < -0.39 is 10.0 Å². The van der Waals surface area contributed by atoms with Gasteiger partial charge >= 0.3 is 0 Å². The van der Waals surface area contributed by atoms with Crippen LogP contribution in [0.3, 0.4) is 0 Å². The summed E-state index contributed by atoms with van der Waals surface area (Å²) in [5.74, 6) is 0.668. The topological polar surface area (TPSA) is 82.2 Å². The van der Waals surface area contributed by atoms with E-state index in [2.05, 4.69) is 23.2 Å². The predicted octanol–water partition coefficient (Wildman–Crippen LogP) is 2.63. The maximum atomic E-state index is 12.8. The second kappa shape index (κ2) is 10.1. The van der Waals surface area contributed by atoms with Gasteiger partial charge in [0.05, 0.1) is 23.7 Å². The van der Waals surface area contributed by atoms with Gasteiger partial charge in [-0.25, -0.2) is 8.42 Å². The minimum atomic E-state index is -3.52. The van der Waals surface area contributed by atoms with Crippen LogP contribution in [0.15, 0.2) is 53.4 Å². The highest BCUT2D eigenvalue weighted by Gasteiger charge is 2.28. The Morgan fingerprint density at radius 3 is 2.67 bits per heavy atom. The van der Waals surface area contributed by atoms with E-state index in [0.717, 1.165) is 37.4 Å². The van der Waals surface area contributed by atoms with Crippen molar-refractivity contribution in [1.29, 1.82) is 0 Å². The number of amides is 1. The van der Waals surface area contributed by atoms with E-state index in [4.69, 9.17) is 4.74 Å². The number of hydrogen-bond acceptors (Lipinski definition) is 6. The standard InChI is InChI=1S/C24H32N4O4S/c1-3-27-17-20(32-23-12-5-4-11-22(23)27)16-26(2)18-24(29)25-19-9-8-10-21(15-19)33(30,31)28-13-6-7-14-28/h4-5,8-12,15,20H,3,6-7,13-14,16-18H2,1-2H3,(H,25,29). The Hall–Kier alpha value is -2.62. The van der Waals surface area contributed by atoms with E-state index in [1.54, 1.807) is 18.2 Å². The smallest absolute Gasteiger partial charge is 0.243 e. The summed E-state index contributed by atoms with van der Waals surface area (Å²) >= 11 is 0. The molecular formula is C24H32N4O4S. The average molecular weight is 473 g/mol. The van der Waals surface area contributed by atoms with Gasteiger partial charge in [0.25, 0.3) is 0 Å². The fraction of sp³-hybridized carbons (Fsp3) is 0.458. The van der Waals surface area contributed by atoms with Crippen LogP contribution < -0.4 is 15.0 Å². The number of rotatable bonds is 8. The first-order valence-electron chi connectivity index (χ1n) is 11.5. The predicted molar refractivity (Wildman–Crippen MR) is 129 cm³/mol. The third-order valence-electron chi connectivity index (χ3n) is 6.05. The van der Waals surface area contributed by atoms with Gasteiger partial charge in [-0.15, -0.1) is 0 Å². The Morgan fingerprint density at radius 2 is 1.91 bits per heavy atom. The first-order valence-corrected chi connectivity index (χ1v) is 12.9. The lowest BCUT2D eigenvalue weighted by atomic mass is 10.2. The molecule has 1 atom stereocenters. The second-order valence-corrected chi connectivity index (χ2v) is 10.6. The molecule has 1 N–H and O–H groups in total. The molecule has 2 aliphatic heterocycles. The summed E-state index contributed by atoms with van der Waals surface area (Å²) in [6.45, 7) is 5.64. The van der Waals surface area contributed by atoms with Crippen molar-refractivity contribution in [3.63, 3.8) is 0 Å². The number of fused-ring (bicyclic) bond motifs is 1. The van der Waals surface area contributed by atoms with Gasteiger partial charge in [-0.1, -0.05) is 18.2 Å². The van der Waals surface area contributed by atoms with Crippen LogP contribution in [-0.2, 0) is 14.8 Å². The maximum absolute atomic E-state index is 12.8. The van der Waals surface area contributed by atoms with Crippen LogP contribution >= 0.6 is 0 Å². The molecule has 1 unspecified atom stereocenters. The highest BCUT2D eigenvalue weighted by atomic mass is 32.2. The van der Waals surface area contributed by atoms with E-state index >= 15 is 0 Å². The molecule has 8 nitrogen and oxygen atoms in total. The van der Waals surface area contributed by atoms with Crippen molar-refractivity contribution in [2.45, 2.75) is 30.8 Å². The molecule has 0 aromatic heterocycles. The lowest BCUT2D eigenvalue weighted by Crippen LogP contribution is -2.46. The summed E-state index contributed by atoms with van der Waals surface area (Å²) in [6, 6.07) is 14.5. The Morgan fingerprint density at radius 1 is 1.15 bits per heavy atom. The van der Waals surface area contributed by atoms with Gasteiger partial charge in [0, 0.05) is 31.9 Å². The van der Waals surface area contributed by atoms with Crippen molar-refractivity contribution in [1.82, 2.24) is 9.21 Å². The second-order valence-electron chi connectivity index (χ2n) is 8.63. The molecule has 0 saturated carbocycles. The summed E-state index contributed by atoms with van der Waals surface area (Å²) in [4.78, 5) is 17.1. The Kier molecular flexibility index (Phi) is 7.21. The molecule has 1 amide bonds. The number of para-hydroxylation sites is 2. The van der Waals surface area contributed by atoms with Gasteiger partial charge in [-0.2, -0.15) is 4.31 Å². The monoisotopic (exact) mass is 472 g/mol. The van der Waals surface area contributed by atoms with E-state index in [1.165, 1.54) is 10.4 Å². The Labute approximate surface area is 196 Å². The van der Waals surface area contributed by atoms with Crippen molar-refractivity contribution in [3.05, 3.63) is 48.5 Å². The Bertz CT molecular complexity index is 1090. The average Bonchev–Trinajstić information content (AvgIpc) is 3.34. The quantitative estimate of drug-likeness (QED) is 0.636. The van der Waals surface area contributed by atoms with Crippen LogP contribution in [0.25, 0.3) is 0 Å². The third-order valence-corrected chi connectivity index (χ3v) is 7.95. The molecule has 1 fully saturated rings. The molecule has 0 spiro atoms. The van der Waals surface area contributed by atoms with Crippen LogP contribution in [0.4, 0.5) is 11.4 Å². The van der Waals surface area contributed by atoms with Crippen LogP contribution in [0.1, 0.15) is 19.8 Å². The third kappa shape index (κ3) is 5.48. The van der Waals surface area contributed by atoms with E-state index in [1.807, 2.05) is 30.1 Å². The fourth-order valence-electron chi connectivity index (χ4n) is 4.44. The SMILES string of the molecule is CCN1CC(CN(C)CC(=O)Nc2cccc(S(=O)(=O)N3CCCC3)c2)Oc2ccccc21. The molecule has 0 bridgehead atoms. The van der Waals surface area contributed by atoms with Gasteiger partial charge in [-0.05, 0) is 57.1 Å². The normalized spacial score (nSPS) is 18.8. The number of anilines is 2. The molecule has 2 aromatic rings. The van der Waals surface area contributed by atoms with Gasteiger partial charge in [0.15, 0.2) is 0 Å². The Balaban J connectivity index is 1.34. The number of likely N-dealkylation sites (N-methyl/N-ethyl adjacent to an activating group) is 2. The van der Waals surface area contributed by atoms with Crippen molar-refractivity contribution in [3.8, 4) is 5.75 Å². The van der Waals surface area contributed by atoms with Crippen molar-refractivity contribution in [2.75, 3.05) is 56.5 Å². The zero-order valence-electron chi connectivity index (χ0n) is 19.2. The molecule has 33 heavy (non-hydrogen) atoms. The minimum Gasteiger partial charge on any atom is -0.485 e. The zero-order valence-corrected chi connectivity index (χ0v) is 20.1. The maximum Gasteiger partial charge on any atom is 0.243 e. The number of carbonyl (C=O) groups is 1. The highest BCUT2D eigenvalue weighted by Crippen LogP contribution is 2.32. The van der Waals surface area contributed by atoms with E-state index in [0.29, 0.717) is 25.3 Å². The zero-order chi connectivity index (χ0) is 23.4. The first kappa shape index (κ1) is 23.5. The van der Waals surface area contributed by atoms with Crippen LogP contribution in [-0.4, -0.2) is 76.0 Å². The molecule has 178 valence electrons. The number of hydrogen-bond donors (Lipinski definition) is 1. The molecule has 2 aromatic carbocycles. The number of nitrogens with zero attached hydrogens (tertiary/aromatic N) is 3. The van der Waals surface area contributed by atoms with Crippen LogP contribution in [0.5, 0.6) is 5.75 Å². The van der Waals surface area contributed by atoms with Crippen LogP contribution in [0, 0.1) is 0 Å². The lowest BCUT2D eigenvalue weighted by Gasteiger charge is -2.37. The van der Waals surface area contributed by atoms with Crippen molar-refractivity contribution < 1.29 is 17.9 Å². The molecule has 0 radical (unpaired) electrons. The van der Waals surface area contributed by atoms with Crippen LogP contribution in [0.2, 0.25) is 0 Å². The number of benzene rings is 2. The number of sulfonamides is 1. The molecule has 2 aliphatic rings. The number of carbonyl (C=O) groups excluding carboxylic acids is 1. The summed E-state index contributed by atoms with van der Waals surface area (Å²) < 4.78 is 33.2. The van der Waals surface area contributed by atoms with E-state index in [-0.39, 0.29) is 23.5 Å². The lowest BCUT2D eigenvalue weighted by molar-refractivity contribution is -0.117. The number of nitrogens with one attached hydrogen (secondary N) is 1. The first-order chi connectivity index (χ1) is 15.9. The molecule has 2 heterocycles. The number of ether oxygens (including phenoxy) is 1. The molecule has 4 rings (SSSR count). The summed E-state index contributed by atoms with van der Waals surface area (Å²) in [7, 11) is -1.64. The molecule has 1 saturated heterocycles. The van der Waals surface area contributed by atoms with Crippen molar-refractivity contribution >= 4 is 27.3 Å². The summed E-state index contributed by atoms with van der Waals surface area (Å²) in [5.41, 5.74) is 1.58. The summed E-state index contributed by atoms with van der Waals surface area (Å²) in [6.07, 6.45) is 1.72. The van der Waals surface area contributed by atoms with Gasteiger partial charge in [0.1, 0.15) is 11.9 Å². The fourth-order valence-corrected chi connectivity index (χ4v) is 6.01. The molecule has 0 aliphatic carbocycles. The largest absolute Gasteiger partial charge is 0.485 e. The minimum absolute atomic E-state index is 0.0495. The van der Waals surface area contributed by atoms with Crippen molar-refractivity contribution in [2.24, 2.45) is 0 Å². The highest BCUT2D eigenvalue weighted by molar-refractivity contribution is 7.89. The molecular weight excluding hydrogens is 440 g/mol. The van der Waals surface area contributed by atoms with E-state index in [9.17, 15) is 13.2 Å². The van der Waals surface area contributed by atoms with Gasteiger partial charge < -0.3 is 15.0 Å². The molecule has 9 heteroatoms. The summed E-state index contributed by atoms with van der Waals surface area (Å²) in [5, 5.41) is 2.83. The van der Waals surface area contributed by atoms with Gasteiger partial charge in [0.2, 0.25) is 15.9 Å².